The molecule has 0 unspecified atom stereocenters. The molecule has 1 atom stereocenters. The molecule has 1 N–H and O–H groups in total. The molecule has 0 aliphatic carbocycles. The molecule has 0 bridgehead atoms. The minimum atomic E-state index is -3.23. The lowest BCUT2D eigenvalue weighted by Crippen LogP contribution is -2.44. The van der Waals surface area contributed by atoms with Gasteiger partial charge in [-0.2, -0.15) is 0 Å². The summed E-state index contributed by atoms with van der Waals surface area (Å²) in [5.74, 6) is -0.310. The molecule has 0 aromatic heterocycles. The van der Waals surface area contributed by atoms with Gasteiger partial charge in [-0.25, -0.2) is 12.7 Å². The molecule has 2 saturated heterocycles. The summed E-state index contributed by atoms with van der Waals surface area (Å²) in [5.41, 5.74) is 2.37. The van der Waals surface area contributed by atoms with Gasteiger partial charge in [0.25, 0.3) is 0 Å². The minimum Gasteiger partial charge on any atom is -0.352 e. The molecule has 2 aliphatic rings. The number of nitrogens with zero attached hydrogens (tertiary/aromatic N) is 2. The normalized spacial score (nSPS) is 22.5. The maximum Gasteiger partial charge on any atom is 0.224 e. The van der Waals surface area contributed by atoms with Crippen molar-refractivity contribution in [2.24, 2.45) is 5.92 Å². The number of hydrogen-bond acceptors (Lipinski definition) is 4. The van der Waals surface area contributed by atoms with Crippen LogP contribution >= 0.6 is 0 Å². The van der Waals surface area contributed by atoms with Gasteiger partial charge in [0.1, 0.15) is 0 Å². The number of rotatable bonds is 6. The van der Waals surface area contributed by atoms with E-state index in [0.717, 1.165) is 24.9 Å². The lowest BCUT2D eigenvalue weighted by Gasteiger charge is -2.30. The smallest absolute Gasteiger partial charge is 0.224 e. The van der Waals surface area contributed by atoms with Gasteiger partial charge in [0, 0.05) is 26.2 Å². The first kappa shape index (κ1) is 20.3. The number of carbonyl (C=O) groups excluding carboxylic acids is 1. The maximum atomic E-state index is 12.5. The first-order valence-corrected chi connectivity index (χ1v) is 11.8. The maximum absolute atomic E-state index is 12.5. The van der Waals surface area contributed by atoms with Gasteiger partial charge in [0.15, 0.2) is 0 Å². The highest BCUT2D eigenvalue weighted by Gasteiger charge is 2.29. The van der Waals surface area contributed by atoms with E-state index in [2.05, 4.69) is 22.3 Å². The van der Waals surface area contributed by atoms with E-state index in [4.69, 9.17) is 0 Å². The Morgan fingerprint density at radius 2 is 1.85 bits per heavy atom. The Labute approximate surface area is 163 Å². The Balaban J connectivity index is 1.52. The summed E-state index contributed by atoms with van der Waals surface area (Å²) in [7, 11) is -3.23. The third-order valence-corrected chi connectivity index (χ3v) is 6.81. The number of hydrogen-bond donors (Lipinski definition) is 1. The van der Waals surface area contributed by atoms with Crippen molar-refractivity contribution in [3.63, 3.8) is 0 Å². The predicted octanol–water partition coefficient (Wildman–Crippen LogP) is 1.96. The van der Waals surface area contributed by atoms with Crippen molar-refractivity contribution in [2.45, 2.75) is 45.2 Å². The second-order valence-electron chi connectivity index (χ2n) is 7.83. The van der Waals surface area contributed by atoms with E-state index >= 15 is 0 Å². The molecule has 1 aromatic rings. The van der Waals surface area contributed by atoms with Gasteiger partial charge in [0.2, 0.25) is 15.9 Å². The van der Waals surface area contributed by atoms with Crippen molar-refractivity contribution in [2.75, 3.05) is 32.4 Å². The van der Waals surface area contributed by atoms with E-state index < -0.39 is 10.0 Å². The van der Waals surface area contributed by atoms with Crippen molar-refractivity contribution in [3.8, 4) is 0 Å². The van der Waals surface area contributed by atoms with Gasteiger partial charge in [-0.1, -0.05) is 30.7 Å². The van der Waals surface area contributed by atoms with Gasteiger partial charge in [0.05, 0.1) is 12.2 Å². The van der Waals surface area contributed by atoms with Crippen LogP contribution in [0.3, 0.4) is 0 Å². The van der Waals surface area contributed by atoms with E-state index in [-0.39, 0.29) is 11.8 Å². The SMILES string of the molecule is CS(=O)(=O)N1CCC[C@@H](C(=O)NCc2cccc(CN3CCCCC3)c2)C1. The lowest BCUT2D eigenvalue weighted by atomic mass is 9.98. The van der Waals surface area contributed by atoms with Crippen LogP contribution < -0.4 is 5.32 Å². The number of piperidine rings is 2. The van der Waals surface area contributed by atoms with Gasteiger partial charge < -0.3 is 5.32 Å². The van der Waals surface area contributed by atoms with Crippen molar-refractivity contribution in [3.05, 3.63) is 35.4 Å². The van der Waals surface area contributed by atoms with Crippen LogP contribution in [-0.4, -0.2) is 56.0 Å². The second kappa shape index (κ2) is 9.17. The van der Waals surface area contributed by atoms with Crippen LogP contribution in [0, 0.1) is 5.92 Å². The lowest BCUT2D eigenvalue weighted by molar-refractivity contribution is -0.126. The topological polar surface area (TPSA) is 69.7 Å². The number of sulfonamides is 1. The molecule has 0 saturated carbocycles. The van der Waals surface area contributed by atoms with Crippen LogP contribution in [0.1, 0.15) is 43.2 Å². The summed E-state index contributed by atoms with van der Waals surface area (Å²) < 4.78 is 24.9. The number of amides is 1. The molecule has 2 fully saturated rings. The Morgan fingerprint density at radius 1 is 1.11 bits per heavy atom. The van der Waals surface area contributed by atoms with E-state index in [1.165, 1.54) is 48.5 Å². The van der Waals surface area contributed by atoms with Crippen LogP contribution in [0.2, 0.25) is 0 Å². The molecule has 7 heteroatoms. The zero-order chi connectivity index (χ0) is 19.3. The van der Waals surface area contributed by atoms with Crippen LogP contribution in [0.15, 0.2) is 24.3 Å². The summed E-state index contributed by atoms with van der Waals surface area (Å²) in [5, 5.41) is 3.00. The molecule has 2 heterocycles. The predicted molar refractivity (Wildman–Crippen MR) is 107 cm³/mol. The first-order valence-electron chi connectivity index (χ1n) is 9.95. The molecule has 1 amide bonds. The molecule has 0 radical (unpaired) electrons. The molecule has 6 nitrogen and oxygen atoms in total. The third kappa shape index (κ3) is 6.02. The average Bonchev–Trinajstić information content (AvgIpc) is 2.67. The Bertz CT molecular complexity index is 745. The van der Waals surface area contributed by atoms with Gasteiger partial charge >= 0.3 is 0 Å². The van der Waals surface area contributed by atoms with Crippen molar-refractivity contribution < 1.29 is 13.2 Å². The van der Waals surface area contributed by atoms with E-state index in [9.17, 15) is 13.2 Å². The molecule has 150 valence electrons. The number of likely N-dealkylation sites (tertiary alicyclic amines) is 1. The monoisotopic (exact) mass is 393 g/mol. The van der Waals surface area contributed by atoms with E-state index in [1.807, 2.05) is 12.1 Å². The molecule has 0 spiro atoms. The molecular formula is C20H31N3O3S. The summed E-state index contributed by atoms with van der Waals surface area (Å²) in [6.45, 7) is 4.59. The Kier molecular flexibility index (Phi) is 6.89. The van der Waals surface area contributed by atoms with Crippen molar-refractivity contribution in [1.29, 1.82) is 0 Å². The quantitative estimate of drug-likeness (QED) is 0.802. The highest BCUT2D eigenvalue weighted by atomic mass is 32.2. The fourth-order valence-corrected chi connectivity index (χ4v) is 4.92. The number of carbonyl (C=O) groups is 1. The summed E-state index contributed by atoms with van der Waals surface area (Å²) in [4.78, 5) is 15.0. The summed E-state index contributed by atoms with van der Waals surface area (Å²) >= 11 is 0. The van der Waals surface area contributed by atoms with Gasteiger partial charge in [-0.15, -0.1) is 0 Å². The van der Waals surface area contributed by atoms with Gasteiger partial charge in [-0.05, 0) is 49.9 Å². The zero-order valence-corrected chi connectivity index (χ0v) is 17.0. The highest BCUT2D eigenvalue weighted by molar-refractivity contribution is 7.88. The standard InChI is InChI=1S/C20H31N3O3S/c1-27(25,26)23-12-6-9-19(16-23)20(24)21-14-17-7-5-8-18(13-17)15-22-10-3-2-4-11-22/h5,7-8,13,19H,2-4,6,9-12,14-16H2,1H3,(H,21,24)/t19-/m1/s1. The summed E-state index contributed by atoms with van der Waals surface area (Å²) in [6.07, 6.45) is 6.58. The highest BCUT2D eigenvalue weighted by Crippen LogP contribution is 2.19. The average molecular weight is 394 g/mol. The molecule has 3 rings (SSSR count). The Morgan fingerprint density at radius 3 is 2.59 bits per heavy atom. The van der Waals surface area contributed by atoms with Crippen LogP contribution in [0.4, 0.5) is 0 Å². The molecule has 1 aromatic carbocycles. The van der Waals surface area contributed by atoms with Gasteiger partial charge in [-0.3, -0.25) is 9.69 Å². The van der Waals surface area contributed by atoms with E-state index in [0.29, 0.717) is 19.6 Å². The van der Waals surface area contributed by atoms with E-state index in [1.54, 1.807) is 0 Å². The Hall–Kier alpha value is -1.44. The summed E-state index contributed by atoms with van der Waals surface area (Å²) in [6, 6.07) is 8.39. The zero-order valence-electron chi connectivity index (χ0n) is 16.2. The molecule has 27 heavy (non-hydrogen) atoms. The van der Waals surface area contributed by atoms with Crippen LogP contribution in [0.5, 0.6) is 0 Å². The number of benzene rings is 1. The van der Waals surface area contributed by atoms with Crippen LogP contribution in [-0.2, 0) is 27.9 Å². The third-order valence-electron chi connectivity index (χ3n) is 5.54. The van der Waals surface area contributed by atoms with Crippen molar-refractivity contribution in [1.82, 2.24) is 14.5 Å². The minimum absolute atomic E-state index is 0.0511. The molecule has 2 aliphatic heterocycles. The number of nitrogens with one attached hydrogen (secondary N) is 1. The van der Waals surface area contributed by atoms with Crippen molar-refractivity contribution >= 4 is 15.9 Å². The first-order chi connectivity index (χ1) is 12.9. The fraction of sp³-hybridized carbons (Fsp3) is 0.650. The molecular weight excluding hydrogens is 362 g/mol. The fourth-order valence-electron chi connectivity index (χ4n) is 4.00. The largest absolute Gasteiger partial charge is 0.352 e. The second-order valence-corrected chi connectivity index (χ2v) is 9.82. The van der Waals surface area contributed by atoms with Crippen LogP contribution in [0.25, 0.3) is 0 Å².